The number of aryl methyl sites for hydroxylation is 4. The molecule has 564 valence electrons. The van der Waals surface area contributed by atoms with Crippen LogP contribution in [0.2, 0.25) is 0 Å². The average Bonchev–Trinajstić information content (AvgIpc) is 1.10. The van der Waals surface area contributed by atoms with E-state index in [-0.39, 0.29) is 23.1 Å². The van der Waals surface area contributed by atoms with Crippen LogP contribution in [0, 0.1) is 0 Å². The van der Waals surface area contributed by atoms with Crippen molar-refractivity contribution < 1.29 is 62.0 Å². The summed E-state index contributed by atoms with van der Waals surface area (Å²) in [6.07, 6.45) is 25.6. The van der Waals surface area contributed by atoms with E-state index in [1.165, 1.54) is 19.2 Å². The number of aromatic nitrogens is 8. The van der Waals surface area contributed by atoms with E-state index in [1.54, 1.807) is 117 Å². The monoisotopic (exact) mass is 1490 g/mol. The van der Waals surface area contributed by atoms with Crippen molar-refractivity contribution in [2.24, 2.45) is 0 Å². The summed E-state index contributed by atoms with van der Waals surface area (Å²) in [6.45, 7) is 23.5. The van der Waals surface area contributed by atoms with Crippen molar-refractivity contribution >= 4 is 80.7 Å². The van der Waals surface area contributed by atoms with Gasteiger partial charge in [-0.05, 0) is 171 Å². The van der Waals surface area contributed by atoms with Crippen LogP contribution in [0.25, 0.3) is 56.3 Å². The molecular formula is C86H82N12O13. The fraction of sp³-hybridized carbons (Fsp3) is 0.163. The minimum Gasteiger partial charge on any atom is -0.495 e. The number of fused-ring (bicyclic) bond motifs is 1. The molecule has 0 amide bonds. The third kappa shape index (κ3) is 20.4. The first kappa shape index (κ1) is 79.2. The molecule has 0 saturated heterocycles. The standard InChI is InChI=1S/C24H21N3O3.C21H21N3O4.C21H21N3O3.C20H19N3O3/c1-3-5-20-21(4-2)26-22(18-10-11-30-14-18)27-23(20)25-19-9-8-15-12-17(24(28)29)7-6-16(15)13-19;1-4-6-15-16(5-2)22-19(14-9-10-28-12-14)24-20(15)23-17-8-7-13(21(25)26)11-18(17)27-3;1-3-5-17-18(4-2)23-20(15-10-11-27-13-15)24-21(17)22-16-8-6-14(7-9-16)12-19(25)26;1-3-5-16-17(4-2)22-18(14-10-11-26-12-14)23-19(16)21-15-8-6-13(7-9-15)20(24)25/h3,6-14H,1,4-5H2,2H3,(H,28,29)(H,25,26,27);4,7-12H,1,5-6H2,2-3H3,(H,25,26)(H,22,23,24);3,6-11,13H,1,4-5,12H2,2H3,(H,25,26)(H,22,23,24);3,6-12H,1,4-5H2,2H3,(H,24,25)(H,21,22,23). The molecule has 0 saturated carbocycles. The molecule has 0 atom stereocenters. The number of furan rings is 4. The minimum atomic E-state index is -1.02. The number of hydrogen-bond acceptors (Lipinski definition) is 21. The van der Waals surface area contributed by atoms with E-state index in [2.05, 4.69) is 91.3 Å². The summed E-state index contributed by atoms with van der Waals surface area (Å²) < 4.78 is 26.0. The molecule has 0 bridgehead atoms. The number of nitrogens with zero attached hydrogens (tertiary/aromatic N) is 8. The highest BCUT2D eigenvalue weighted by molar-refractivity contribution is 5.96. The molecular weight excluding hydrogens is 1410 g/mol. The van der Waals surface area contributed by atoms with Crippen molar-refractivity contribution in [3.05, 3.63) is 295 Å². The van der Waals surface area contributed by atoms with Gasteiger partial charge < -0.3 is 64.1 Å². The molecule has 0 spiro atoms. The Morgan fingerprint density at radius 3 is 1.05 bits per heavy atom. The molecule has 5 aromatic carbocycles. The highest BCUT2D eigenvalue weighted by Crippen LogP contribution is 2.35. The van der Waals surface area contributed by atoms with Gasteiger partial charge >= 0.3 is 23.9 Å². The number of carbonyl (C=O) groups is 4. The van der Waals surface area contributed by atoms with E-state index in [4.69, 9.17) is 42.6 Å². The van der Waals surface area contributed by atoms with Crippen LogP contribution in [0.5, 0.6) is 5.75 Å². The Morgan fingerprint density at radius 2 is 0.712 bits per heavy atom. The summed E-state index contributed by atoms with van der Waals surface area (Å²) in [4.78, 5) is 81.7. The van der Waals surface area contributed by atoms with Crippen LogP contribution < -0.4 is 26.0 Å². The van der Waals surface area contributed by atoms with Gasteiger partial charge in [0.2, 0.25) is 0 Å². The van der Waals surface area contributed by atoms with Gasteiger partial charge in [0, 0.05) is 62.1 Å². The molecule has 111 heavy (non-hydrogen) atoms. The lowest BCUT2D eigenvalue weighted by molar-refractivity contribution is -0.136. The molecule has 0 aliphatic rings. The van der Waals surface area contributed by atoms with E-state index in [0.717, 1.165) is 132 Å². The quantitative estimate of drug-likeness (QED) is 0.0194. The summed E-state index contributed by atoms with van der Waals surface area (Å²) in [7, 11) is 1.49. The zero-order valence-electron chi connectivity index (χ0n) is 61.8. The van der Waals surface area contributed by atoms with E-state index >= 15 is 0 Å². The molecule has 8 N–H and O–H groups in total. The molecule has 0 radical (unpaired) electrons. The number of rotatable bonds is 30. The van der Waals surface area contributed by atoms with Gasteiger partial charge in [-0.25, -0.2) is 54.3 Å². The first-order valence-corrected chi connectivity index (χ1v) is 35.4. The molecule has 25 heteroatoms. The number of methoxy groups -OCH3 is 1. The number of hydrogen-bond donors (Lipinski definition) is 8. The van der Waals surface area contributed by atoms with Crippen LogP contribution in [0.3, 0.4) is 0 Å². The number of allylic oxidation sites excluding steroid dienone is 4. The number of anilines is 8. The SMILES string of the molecule is C=CCc1c(CC)nc(-c2ccoc2)nc1Nc1ccc(C(=O)O)cc1.C=CCc1c(CC)nc(-c2ccoc2)nc1Nc1ccc(C(=O)O)cc1OC.C=CCc1c(CC)nc(-c2ccoc2)nc1Nc1ccc(CC(=O)O)cc1.C=CCc1c(CC)nc(-c2ccoc2)nc1Nc1ccc2cc(C(=O)O)ccc2c1. The minimum absolute atomic E-state index is 0.000121. The van der Waals surface area contributed by atoms with Gasteiger partial charge in [0.25, 0.3) is 0 Å². The van der Waals surface area contributed by atoms with Gasteiger partial charge in [0.1, 0.15) is 54.1 Å². The van der Waals surface area contributed by atoms with Crippen molar-refractivity contribution in [1.29, 1.82) is 0 Å². The van der Waals surface area contributed by atoms with Crippen LogP contribution in [-0.4, -0.2) is 91.3 Å². The summed E-state index contributed by atoms with van der Waals surface area (Å²) >= 11 is 0. The Balaban J connectivity index is 0.000000157. The second-order valence-electron chi connectivity index (χ2n) is 24.7. The van der Waals surface area contributed by atoms with Gasteiger partial charge in [0.05, 0.1) is 83.2 Å². The average molecular weight is 1490 g/mol. The van der Waals surface area contributed by atoms with Gasteiger partial charge in [0.15, 0.2) is 23.3 Å². The van der Waals surface area contributed by atoms with Crippen LogP contribution in [0.4, 0.5) is 46.0 Å². The van der Waals surface area contributed by atoms with E-state index in [1.807, 2.05) is 86.7 Å². The zero-order chi connectivity index (χ0) is 78.9. The number of aliphatic carboxylic acids is 1. The van der Waals surface area contributed by atoms with Crippen molar-refractivity contribution in [2.45, 2.75) is 85.5 Å². The lowest BCUT2D eigenvalue weighted by Crippen LogP contribution is -2.08. The topological polar surface area (TPSA) is 362 Å². The van der Waals surface area contributed by atoms with Crippen molar-refractivity contribution in [1.82, 2.24) is 39.9 Å². The van der Waals surface area contributed by atoms with Gasteiger partial charge in [-0.3, -0.25) is 4.79 Å². The Hall–Kier alpha value is -14.4. The van der Waals surface area contributed by atoms with E-state index < -0.39 is 23.9 Å². The fourth-order valence-corrected chi connectivity index (χ4v) is 11.7. The maximum absolute atomic E-state index is 11.2. The summed E-state index contributed by atoms with van der Waals surface area (Å²) in [5.41, 5.74) is 15.3. The Morgan fingerprint density at radius 1 is 0.387 bits per heavy atom. The molecule has 0 aliphatic carbocycles. The Bertz CT molecular complexity index is 5410. The number of ether oxygens (including phenoxy) is 1. The molecule has 8 aromatic heterocycles. The van der Waals surface area contributed by atoms with Crippen molar-refractivity contribution in [3.8, 4) is 51.3 Å². The van der Waals surface area contributed by atoms with Gasteiger partial charge in [-0.1, -0.05) is 76.3 Å². The summed E-state index contributed by atoms with van der Waals surface area (Å²) in [5, 5.41) is 51.4. The van der Waals surface area contributed by atoms with Crippen molar-refractivity contribution in [2.75, 3.05) is 28.4 Å². The predicted molar refractivity (Wildman–Crippen MR) is 427 cm³/mol. The molecule has 13 rings (SSSR count). The molecule has 8 heterocycles. The lowest BCUT2D eigenvalue weighted by atomic mass is 10.1. The maximum atomic E-state index is 11.2. The van der Waals surface area contributed by atoms with Crippen LogP contribution in [0.1, 0.15) is 109 Å². The Kier molecular flexibility index (Phi) is 27.3. The molecule has 0 fully saturated rings. The number of aromatic carboxylic acids is 3. The lowest BCUT2D eigenvalue weighted by Gasteiger charge is -2.17. The number of carboxylic acids is 4. The third-order valence-corrected chi connectivity index (χ3v) is 17.2. The second-order valence-corrected chi connectivity index (χ2v) is 24.7. The van der Waals surface area contributed by atoms with E-state index in [0.29, 0.717) is 77.9 Å². The van der Waals surface area contributed by atoms with Crippen LogP contribution in [0.15, 0.2) is 246 Å². The van der Waals surface area contributed by atoms with E-state index in [9.17, 15) is 29.4 Å². The third-order valence-electron chi connectivity index (χ3n) is 17.2. The molecule has 0 unspecified atom stereocenters. The first-order chi connectivity index (χ1) is 53.9. The summed E-state index contributed by atoms with van der Waals surface area (Å²) in [6, 6.07) is 36.6. The number of benzene rings is 5. The molecule has 25 nitrogen and oxygen atoms in total. The maximum Gasteiger partial charge on any atom is 0.335 e. The smallest absolute Gasteiger partial charge is 0.335 e. The predicted octanol–water partition coefficient (Wildman–Crippen LogP) is 19.0. The van der Waals surface area contributed by atoms with Crippen LogP contribution >= 0.6 is 0 Å². The molecule has 13 aromatic rings. The fourth-order valence-electron chi connectivity index (χ4n) is 11.7. The molecule has 0 aliphatic heterocycles. The highest BCUT2D eigenvalue weighted by Gasteiger charge is 2.22. The first-order valence-electron chi connectivity index (χ1n) is 35.4. The van der Waals surface area contributed by atoms with Crippen LogP contribution in [-0.2, 0) is 62.6 Å². The van der Waals surface area contributed by atoms with Gasteiger partial charge in [-0.2, -0.15) is 0 Å². The number of nitrogens with one attached hydrogen (secondary N) is 4. The zero-order valence-corrected chi connectivity index (χ0v) is 61.8. The number of carboxylic acid groups (broad SMARTS) is 4. The summed E-state index contributed by atoms with van der Waals surface area (Å²) in [5.74, 6) is 1.69. The second kappa shape index (κ2) is 38.3. The largest absolute Gasteiger partial charge is 0.495 e. The Labute approximate surface area is 640 Å². The highest BCUT2D eigenvalue weighted by atomic mass is 16.5. The van der Waals surface area contributed by atoms with Crippen molar-refractivity contribution in [3.63, 3.8) is 0 Å². The normalized spacial score (nSPS) is 10.6. The van der Waals surface area contributed by atoms with Gasteiger partial charge in [-0.15, -0.1) is 26.3 Å².